The van der Waals surface area contributed by atoms with Crippen molar-refractivity contribution in [3.8, 4) is 50.2 Å². The number of anilines is 6. The van der Waals surface area contributed by atoms with Crippen molar-refractivity contribution in [3.05, 3.63) is 283 Å². The summed E-state index contributed by atoms with van der Waals surface area (Å²) < 4.78 is 2.44. The van der Waals surface area contributed by atoms with Crippen molar-refractivity contribution in [2.24, 2.45) is 0 Å². The highest BCUT2D eigenvalue weighted by atomic mass is 15.2. The monoisotopic (exact) mass is 961 g/mol. The Kier molecular flexibility index (Phi) is 10.2. The number of hydrogen-bond acceptors (Lipinski definition) is 2. The summed E-state index contributed by atoms with van der Waals surface area (Å²) in [5, 5.41) is 2.45. The van der Waals surface area contributed by atoms with E-state index in [0.29, 0.717) is 0 Å². The lowest BCUT2D eigenvalue weighted by molar-refractivity contribution is 0.660. The summed E-state index contributed by atoms with van der Waals surface area (Å²) in [6.07, 6.45) is 0. The Morgan fingerprint density at radius 2 is 0.707 bits per heavy atom. The van der Waals surface area contributed by atoms with Crippen LogP contribution in [-0.4, -0.2) is 4.57 Å². The third kappa shape index (κ3) is 7.17. The maximum atomic E-state index is 2.46. The van der Waals surface area contributed by atoms with E-state index in [4.69, 9.17) is 0 Å². The Bertz CT molecular complexity index is 4000. The van der Waals surface area contributed by atoms with Crippen molar-refractivity contribution in [2.75, 3.05) is 9.80 Å². The molecule has 1 aromatic heterocycles. The van der Waals surface area contributed by atoms with Crippen LogP contribution in [0.4, 0.5) is 34.1 Å². The number of rotatable bonds is 9. The quantitative estimate of drug-likeness (QED) is 0.143. The molecule has 0 atom stereocenters. The Morgan fingerprint density at radius 3 is 1.27 bits per heavy atom. The number of benzene rings is 11. The largest absolute Gasteiger partial charge is 0.310 e. The molecule has 2 aliphatic rings. The predicted octanol–water partition coefficient (Wildman–Crippen LogP) is 19.7. The highest BCUT2D eigenvalue weighted by Crippen LogP contribution is 2.53. The standard InChI is InChI=1S/C72H55N3/c1-71(2)65-29-17-14-26-59(65)61-40-37-55(46-67(61)71)73(52-22-10-6-11-23-52)57-42-51(43-58(45-57)74(53-24-12-7-13-25-53)56-38-41-62-60-27-15-18-30-66(60)72(3,4)68(62)47-56)50-34-39-64-63-28-16-19-31-69(63)75(70(64)44-50)54-35-32-49(33-36-54)48-20-8-5-9-21-48/h5-47H,1-4H3. The molecule has 0 amide bonds. The lowest BCUT2D eigenvalue weighted by Gasteiger charge is -2.32. The van der Waals surface area contributed by atoms with E-state index in [0.717, 1.165) is 56.5 Å². The van der Waals surface area contributed by atoms with E-state index in [2.05, 4.69) is 303 Å². The van der Waals surface area contributed by atoms with Gasteiger partial charge in [-0.3, -0.25) is 0 Å². The molecule has 75 heavy (non-hydrogen) atoms. The van der Waals surface area contributed by atoms with E-state index >= 15 is 0 Å². The van der Waals surface area contributed by atoms with E-state index in [-0.39, 0.29) is 10.8 Å². The van der Waals surface area contributed by atoms with Crippen LogP contribution in [0.3, 0.4) is 0 Å². The zero-order chi connectivity index (χ0) is 50.4. The van der Waals surface area contributed by atoms with Gasteiger partial charge in [-0.15, -0.1) is 0 Å². The molecule has 12 aromatic rings. The molecule has 1 heterocycles. The molecule has 0 saturated carbocycles. The van der Waals surface area contributed by atoms with E-state index < -0.39 is 0 Å². The van der Waals surface area contributed by atoms with Crippen LogP contribution >= 0.6 is 0 Å². The Hall–Kier alpha value is -9.18. The van der Waals surface area contributed by atoms with Crippen molar-refractivity contribution in [2.45, 2.75) is 38.5 Å². The molecule has 3 heteroatoms. The summed E-state index contributed by atoms with van der Waals surface area (Å²) in [7, 11) is 0. The minimum absolute atomic E-state index is 0.169. The first-order valence-electron chi connectivity index (χ1n) is 26.2. The zero-order valence-electron chi connectivity index (χ0n) is 42.7. The Morgan fingerprint density at radius 1 is 0.267 bits per heavy atom. The van der Waals surface area contributed by atoms with Gasteiger partial charge in [0.15, 0.2) is 0 Å². The van der Waals surface area contributed by atoms with Crippen molar-refractivity contribution in [1.82, 2.24) is 4.57 Å². The molecule has 11 aromatic carbocycles. The average molecular weight is 962 g/mol. The summed E-state index contributed by atoms with van der Waals surface area (Å²) in [6.45, 7) is 9.48. The number of para-hydroxylation sites is 3. The maximum absolute atomic E-state index is 2.46. The van der Waals surface area contributed by atoms with Gasteiger partial charge in [0, 0.05) is 61.4 Å². The molecule has 2 aliphatic carbocycles. The third-order valence-electron chi connectivity index (χ3n) is 16.3. The van der Waals surface area contributed by atoms with Gasteiger partial charge >= 0.3 is 0 Å². The van der Waals surface area contributed by atoms with Crippen molar-refractivity contribution in [3.63, 3.8) is 0 Å². The Balaban J connectivity index is 1.00. The second-order valence-corrected chi connectivity index (χ2v) is 21.4. The molecule has 0 radical (unpaired) electrons. The molecular formula is C72H55N3. The summed E-state index contributed by atoms with van der Waals surface area (Å²) in [5.41, 5.74) is 25.0. The first kappa shape index (κ1) is 44.5. The number of nitrogens with zero attached hydrogens (tertiary/aromatic N) is 3. The van der Waals surface area contributed by atoms with Gasteiger partial charge in [0.2, 0.25) is 0 Å². The highest BCUT2D eigenvalue weighted by Gasteiger charge is 2.37. The van der Waals surface area contributed by atoms with Crippen molar-refractivity contribution in [1.29, 1.82) is 0 Å². The van der Waals surface area contributed by atoms with Crippen LogP contribution in [0.2, 0.25) is 0 Å². The summed E-state index contributed by atoms with van der Waals surface area (Å²) in [6, 6.07) is 96.6. The summed E-state index contributed by atoms with van der Waals surface area (Å²) in [4.78, 5) is 4.92. The van der Waals surface area contributed by atoms with E-state index in [1.165, 1.54) is 71.9 Å². The predicted molar refractivity (Wildman–Crippen MR) is 316 cm³/mol. The fourth-order valence-corrected chi connectivity index (χ4v) is 12.6. The van der Waals surface area contributed by atoms with Crippen LogP contribution < -0.4 is 9.80 Å². The van der Waals surface area contributed by atoms with Crippen LogP contribution in [0.15, 0.2) is 261 Å². The number of fused-ring (bicyclic) bond motifs is 9. The van der Waals surface area contributed by atoms with Gasteiger partial charge in [0.05, 0.1) is 11.0 Å². The van der Waals surface area contributed by atoms with Gasteiger partial charge in [0.1, 0.15) is 0 Å². The Labute approximate surface area is 439 Å². The lowest BCUT2D eigenvalue weighted by Crippen LogP contribution is -2.17. The van der Waals surface area contributed by atoms with Crippen molar-refractivity contribution >= 4 is 55.9 Å². The highest BCUT2D eigenvalue weighted by molar-refractivity contribution is 6.10. The van der Waals surface area contributed by atoms with E-state index in [1.807, 2.05) is 0 Å². The second kappa shape index (κ2) is 17.2. The molecular weight excluding hydrogens is 907 g/mol. The van der Waals surface area contributed by atoms with Crippen LogP contribution in [0, 0.1) is 0 Å². The zero-order valence-corrected chi connectivity index (χ0v) is 42.7. The SMILES string of the molecule is CC1(C)c2ccccc2-c2ccc(N(c3ccccc3)c3cc(-c4ccc5c6ccccc6n(-c6ccc(-c7ccccc7)cc6)c5c4)cc(N(c4ccccc4)c4ccc5c(c4)C(C)(C)c4ccccc4-5)c3)cc21. The first-order chi connectivity index (χ1) is 36.7. The van der Waals surface area contributed by atoms with Crippen LogP contribution in [0.1, 0.15) is 49.9 Å². The van der Waals surface area contributed by atoms with E-state index in [1.54, 1.807) is 0 Å². The number of aromatic nitrogens is 1. The van der Waals surface area contributed by atoms with Crippen LogP contribution in [0.5, 0.6) is 0 Å². The van der Waals surface area contributed by atoms with Crippen LogP contribution in [0.25, 0.3) is 72.0 Å². The van der Waals surface area contributed by atoms with E-state index in [9.17, 15) is 0 Å². The molecule has 0 unspecified atom stereocenters. The number of hydrogen-bond donors (Lipinski definition) is 0. The summed E-state index contributed by atoms with van der Waals surface area (Å²) >= 11 is 0. The van der Waals surface area contributed by atoms with Gasteiger partial charge in [0.25, 0.3) is 0 Å². The smallest absolute Gasteiger partial charge is 0.0547 e. The molecule has 0 N–H and O–H groups in total. The summed E-state index contributed by atoms with van der Waals surface area (Å²) in [5.74, 6) is 0. The fourth-order valence-electron chi connectivity index (χ4n) is 12.6. The topological polar surface area (TPSA) is 11.4 Å². The molecule has 0 spiro atoms. The molecule has 0 aliphatic heterocycles. The minimum Gasteiger partial charge on any atom is -0.310 e. The molecule has 14 rings (SSSR count). The van der Waals surface area contributed by atoms with Crippen molar-refractivity contribution < 1.29 is 0 Å². The van der Waals surface area contributed by atoms with Gasteiger partial charge in [-0.05, 0) is 158 Å². The molecule has 0 bridgehead atoms. The molecule has 358 valence electrons. The third-order valence-corrected chi connectivity index (χ3v) is 16.3. The van der Waals surface area contributed by atoms with Gasteiger partial charge < -0.3 is 14.4 Å². The lowest BCUT2D eigenvalue weighted by atomic mass is 9.82. The van der Waals surface area contributed by atoms with Gasteiger partial charge in [-0.25, -0.2) is 0 Å². The maximum Gasteiger partial charge on any atom is 0.0547 e. The molecule has 0 saturated heterocycles. The first-order valence-corrected chi connectivity index (χ1v) is 26.2. The second-order valence-electron chi connectivity index (χ2n) is 21.4. The van der Waals surface area contributed by atoms with Gasteiger partial charge in [-0.2, -0.15) is 0 Å². The fraction of sp³-hybridized carbons (Fsp3) is 0.0833. The molecule has 0 fully saturated rings. The average Bonchev–Trinajstić information content (AvgIpc) is 4.06. The van der Waals surface area contributed by atoms with Gasteiger partial charge in [-0.1, -0.05) is 198 Å². The molecule has 3 nitrogen and oxygen atoms in total. The van der Waals surface area contributed by atoms with Crippen LogP contribution in [-0.2, 0) is 10.8 Å². The minimum atomic E-state index is -0.169. The normalized spacial score (nSPS) is 13.5.